The lowest BCUT2D eigenvalue weighted by Gasteiger charge is -2.44. The van der Waals surface area contributed by atoms with Crippen molar-refractivity contribution >= 4 is 11.6 Å². The van der Waals surface area contributed by atoms with E-state index in [4.69, 9.17) is 0 Å². The molecule has 4 heteroatoms. The highest BCUT2D eigenvalue weighted by Crippen LogP contribution is 2.27. The van der Waals surface area contributed by atoms with E-state index < -0.39 is 0 Å². The van der Waals surface area contributed by atoms with Crippen molar-refractivity contribution in [3.63, 3.8) is 0 Å². The van der Waals surface area contributed by atoms with E-state index in [2.05, 4.69) is 15.5 Å². The third-order valence-electron chi connectivity index (χ3n) is 4.41. The van der Waals surface area contributed by atoms with Crippen LogP contribution >= 0.6 is 0 Å². The Morgan fingerprint density at radius 2 is 1.89 bits per heavy atom. The largest absolute Gasteiger partial charge is 0.388 e. The molecule has 1 aromatic carbocycles. The zero-order chi connectivity index (χ0) is 13.2. The summed E-state index contributed by atoms with van der Waals surface area (Å²) < 4.78 is 0. The summed E-state index contributed by atoms with van der Waals surface area (Å²) in [4.78, 5) is 14.7. The number of piperidine rings is 3. The van der Waals surface area contributed by atoms with E-state index in [1.165, 1.54) is 25.9 Å². The van der Waals surface area contributed by atoms with Crippen molar-refractivity contribution in [2.45, 2.75) is 18.9 Å². The van der Waals surface area contributed by atoms with Crippen LogP contribution in [0.25, 0.3) is 0 Å². The molecule has 3 heterocycles. The van der Waals surface area contributed by atoms with E-state index in [-0.39, 0.29) is 5.91 Å². The average Bonchev–Trinajstić information content (AvgIpc) is 2.48. The van der Waals surface area contributed by atoms with Crippen molar-refractivity contribution in [3.05, 3.63) is 29.8 Å². The Morgan fingerprint density at radius 3 is 2.42 bits per heavy atom. The third kappa shape index (κ3) is 2.59. The highest BCUT2D eigenvalue weighted by Gasteiger charge is 2.34. The molecule has 2 bridgehead atoms. The Balaban J connectivity index is 1.64. The van der Waals surface area contributed by atoms with Gasteiger partial charge in [-0.1, -0.05) is 0 Å². The van der Waals surface area contributed by atoms with Crippen molar-refractivity contribution in [3.8, 4) is 0 Å². The molecule has 0 radical (unpaired) electrons. The fourth-order valence-corrected chi connectivity index (χ4v) is 3.17. The van der Waals surface area contributed by atoms with Crippen LogP contribution in [0.2, 0.25) is 0 Å². The van der Waals surface area contributed by atoms with E-state index in [1.54, 1.807) is 0 Å². The second-order valence-electron chi connectivity index (χ2n) is 5.55. The molecule has 3 aliphatic heterocycles. The van der Waals surface area contributed by atoms with Gasteiger partial charge in [-0.3, -0.25) is 4.79 Å². The second-order valence-corrected chi connectivity index (χ2v) is 5.55. The number of benzene rings is 1. The molecular weight excluding hydrogens is 238 g/mol. The Hall–Kier alpha value is -1.55. The summed E-state index contributed by atoms with van der Waals surface area (Å²) in [6, 6.07) is 7.96. The number of nitrogens with zero attached hydrogens (tertiary/aromatic N) is 1. The normalized spacial score (nSPS) is 29.0. The molecule has 4 rings (SSSR count). The lowest BCUT2D eigenvalue weighted by Crippen LogP contribution is -2.57. The van der Waals surface area contributed by atoms with E-state index in [1.807, 2.05) is 31.3 Å². The summed E-state index contributed by atoms with van der Waals surface area (Å²) in [6.07, 6.45) is 2.45. The van der Waals surface area contributed by atoms with Crippen molar-refractivity contribution < 1.29 is 4.79 Å². The molecule has 3 saturated heterocycles. The molecule has 0 aromatic heterocycles. The fourth-order valence-electron chi connectivity index (χ4n) is 3.17. The fraction of sp³-hybridized carbons (Fsp3) is 0.533. The molecule has 1 amide bonds. The molecule has 0 spiro atoms. The van der Waals surface area contributed by atoms with Gasteiger partial charge in [0.2, 0.25) is 0 Å². The quantitative estimate of drug-likeness (QED) is 0.865. The number of hydrogen-bond donors (Lipinski definition) is 2. The molecule has 0 saturated carbocycles. The number of rotatable bonds is 3. The standard InChI is InChI=1S/C15H21N3O/c1-16-13-4-2-12(3-5-13)15(19)17-14-10-18-8-6-11(14)7-9-18/h2-5,11,14,16H,6-10H2,1H3,(H,17,19). The van der Waals surface area contributed by atoms with Gasteiger partial charge >= 0.3 is 0 Å². The van der Waals surface area contributed by atoms with Gasteiger partial charge in [-0.25, -0.2) is 0 Å². The zero-order valence-electron chi connectivity index (χ0n) is 11.4. The minimum absolute atomic E-state index is 0.0569. The van der Waals surface area contributed by atoms with Crippen molar-refractivity contribution in [1.29, 1.82) is 0 Å². The first-order valence-electron chi connectivity index (χ1n) is 7.07. The lowest BCUT2D eigenvalue weighted by molar-refractivity contribution is 0.0620. The van der Waals surface area contributed by atoms with Crippen LogP contribution in [-0.2, 0) is 0 Å². The molecule has 1 aromatic rings. The third-order valence-corrected chi connectivity index (χ3v) is 4.41. The van der Waals surface area contributed by atoms with Crippen molar-refractivity contribution in [2.75, 3.05) is 32.0 Å². The minimum Gasteiger partial charge on any atom is -0.388 e. The predicted octanol–water partition coefficient (Wildman–Crippen LogP) is 1.55. The lowest BCUT2D eigenvalue weighted by atomic mass is 9.84. The van der Waals surface area contributed by atoms with Crippen LogP contribution in [0.15, 0.2) is 24.3 Å². The Bertz CT molecular complexity index is 449. The number of nitrogens with one attached hydrogen (secondary N) is 2. The van der Waals surface area contributed by atoms with Gasteiger partial charge in [0.15, 0.2) is 0 Å². The molecule has 3 aliphatic rings. The first-order chi connectivity index (χ1) is 9.26. The first-order valence-corrected chi connectivity index (χ1v) is 7.07. The van der Waals surface area contributed by atoms with Crippen LogP contribution in [-0.4, -0.2) is 43.5 Å². The summed E-state index contributed by atoms with van der Waals surface area (Å²) >= 11 is 0. The number of hydrogen-bond acceptors (Lipinski definition) is 3. The summed E-state index contributed by atoms with van der Waals surface area (Å²) in [5.41, 5.74) is 1.77. The minimum atomic E-state index is 0.0569. The Labute approximate surface area is 114 Å². The molecular formula is C15H21N3O. The van der Waals surface area contributed by atoms with E-state index in [0.717, 1.165) is 17.8 Å². The van der Waals surface area contributed by atoms with Crippen molar-refractivity contribution in [2.24, 2.45) is 5.92 Å². The number of carbonyl (C=O) groups is 1. The molecule has 0 aliphatic carbocycles. The highest BCUT2D eigenvalue weighted by molar-refractivity contribution is 5.94. The predicted molar refractivity (Wildman–Crippen MR) is 76.4 cm³/mol. The highest BCUT2D eigenvalue weighted by atomic mass is 16.1. The number of anilines is 1. The van der Waals surface area contributed by atoms with Crippen LogP contribution in [0.4, 0.5) is 5.69 Å². The Morgan fingerprint density at radius 1 is 1.21 bits per heavy atom. The van der Waals surface area contributed by atoms with Gasteiger partial charge < -0.3 is 15.5 Å². The SMILES string of the molecule is CNc1ccc(C(=O)NC2CN3CCC2CC3)cc1. The topological polar surface area (TPSA) is 44.4 Å². The van der Waals surface area contributed by atoms with E-state index >= 15 is 0 Å². The summed E-state index contributed by atoms with van der Waals surface area (Å²) in [6.45, 7) is 3.42. The van der Waals surface area contributed by atoms with Gasteiger partial charge in [0, 0.05) is 30.9 Å². The van der Waals surface area contributed by atoms with Gasteiger partial charge in [-0.15, -0.1) is 0 Å². The molecule has 1 unspecified atom stereocenters. The molecule has 4 nitrogen and oxygen atoms in total. The maximum atomic E-state index is 12.2. The van der Waals surface area contributed by atoms with Crippen LogP contribution in [0.5, 0.6) is 0 Å². The van der Waals surface area contributed by atoms with Crippen LogP contribution < -0.4 is 10.6 Å². The van der Waals surface area contributed by atoms with Crippen LogP contribution in [0.3, 0.4) is 0 Å². The number of carbonyl (C=O) groups excluding carboxylic acids is 1. The second kappa shape index (κ2) is 5.21. The van der Waals surface area contributed by atoms with Crippen molar-refractivity contribution in [1.82, 2.24) is 10.2 Å². The molecule has 3 fully saturated rings. The van der Waals surface area contributed by atoms with E-state index in [0.29, 0.717) is 12.0 Å². The van der Waals surface area contributed by atoms with Crippen LogP contribution in [0.1, 0.15) is 23.2 Å². The van der Waals surface area contributed by atoms with Gasteiger partial charge in [0.05, 0.1) is 0 Å². The molecule has 19 heavy (non-hydrogen) atoms. The van der Waals surface area contributed by atoms with E-state index in [9.17, 15) is 4.79 Å². The van der Waals surface area contributed by atoms with Gasteiger partial charge in [-0.05, 0) is 56.1 Å². The first kappa shape index (κ1) is 12.5. The van der Waals surface area contributed by atoms with Gasteiger partial charge in [0.25, 0.3) is 5.91 Å². The molecule has 2 N–H and O–H groups in total. The monoisotopic (exact) mass is 259 g/mol. The van der Waals surface area contributed by atoms with Gasteiger partial charge in [-0.2, -0.15) is 0 Å². The maximum Gasteiger partial charge on any atom is 0.251 e. The smallest absolute Gasteiger partial charge is 0.251 e. The summed E-state index contributed by atoms with van der Waals surface area (Å²) in [5.74, 6) is 0.729. The average molecular weight is 259 g/mol. The summed E-state index contributed by atoms with van der Waals surface area (Å²) in [5, 5.41) is 6.26. The Kier molecular flexibility index (Phi) is 3.42. The van der Waals surface area contributed by atoms with Crippen LogP contribution in [0, 0.1) is 5.92 Å². The van der Waals surface area contributed by atoms with Gasteiger partial charge in [0.1, 0.15) is 0 Å². The molecule has 1 atom stereocenters. The zero-order valence-corrected chi connectivity index (χ0v) is 11.4. The number of amides is 1. The maximum absolute atomic E-state index is 12.2. The summed E-state index contributed by atoms with van der Waals surface area (Å²) in [7, 11) is 1.88. The molecule has 102 valence electrons. The number of fused-ring (bicyclic) bond motifs is 3.